The molecule has 4 nitrogen and oxygen atoms in total. The molecule has 2 heterocycles. The minimum absolute atomic E-state index is 0.0254. The van der Waals surface area contributed by atoms with Crippen molar-refractivity contribution >= 4 is 23.2 Å². The number of nitrogens with two attached hydrogens (primary N) is 1. The van der Waals surface area contributed by atoms with E-state index < -0.39 is 0 Å². The van der Waals surface area contributed by atoms with Gasteiger partial charge in [-0.25, -0.2) is 4.98 Å². The Hall–Kier alpha value is -1.13. The first kappa shape index (κ1) is 11.4. The van der Waals surface area contributed by atoms with Crippen molar-refractivity contribution in [1.29, 1.82) is 0 Å². The molecule has 1 aliphatic rings. The summed E-state index contributed by atoms with van der Waals surface area (Å²) in [5, 5.41) is 3.68. The number of Topliss-reactive ketones (excluding diaryl/α,β-unsaturated/α-hetero) is 1. The van der Waals surface area contributed by atoms with Crippen molar-refractivity contribution in [2.24, 2.45) is 5.92 Å². The zero-order valence-corrected chi connectivity index (χ0v) is 9.79. The lowest BCUT2D eigenvalue weighted by Crippen LogP contribution is -2.28. The minimum Gasteiger partial charge on any atom is -0.383 e. The average molecular weight is 240 g/mol. The van der Waals surface area contributed by atoms with E-state index in [-0.39, 0.29) is 23.6 Å². The standard InChI is InChI=1S/C11H14ClN3O/c1-6-8(2-3-14-6)10(16)9-4-7(12)5-15-11(9)13/h4-6,8,14H,2-3H2,1H3,(H2,13,15). The molecule has 1 saturated heterocycles. The van der Waals surface area contributed by atoms with Crippen LogP contribution in [0.25, 0.3) is 0 Å². The highest BCUT2D eigenvalue weighted by Gasteiger charge is 2.31. The summed E-state index contributed by atoms with van der Waals surface area (Å²) in [7, 11) is 0. The molecule has 0 bridgehead atoms. The van der Waals surface area contributed by atoms with Gasteiger partial charge in [0, 0.05) is 18.2 Å². The number of aromatic nitrogens is 1. The van der Waals surface area contributed by atoms with Gasteiger partial charge in [0.2, 0.25) is 0 Å². The SMILES string of the molecule is CC1NCCC1C(=O)c1cc(Cl)cnc1N. The van der Waals surface area contributed by atoms with Crippen LogP contribution in [0.2, 0.25) is 5.02 Å². The Labute approximate surface area is 99.2 Å². The summed E-state index contributed by atoms with van der Waals surface area (Å²) < 4.78 is 0. The van der Waals surface area contributed by atoms with Gasteiger partial charge in [-0.15, -0.1) is 0 Å². The van der Waals surface area contributed by atoms with Crippen molar-refractivity contribution in [3.63, 3.8) is 0 Å². The van der Waals surface area contributed by atoms with Crippen LogP contribution in [0.1, 0.15) is 23.7 Å². The fraction of sp³-hybridized carbons (Fsp3) is 0.455. The van der Waals surface area contributed by atoms with E-state index in [1.54, 1.807) is 6.07 Å². The third-order valence-corrected chi connectivity index (χ3v) is 3.22. The molecule has 1 aromatic rings. The van der Waals surface area contributed by atoms with Crippen molar-refractivity contribution in [3.8, 4) is 0 Å². The number of hydrogen-bond acceptors (Lipinski definition) is 4. The third kappa shape index (κ3) is 2.03. The summed E-state index contributed by atoms with van der Waals surface area (Å²) in [6.07, 6.45) is 2.29. The van der Waals surface area contributed by atoms with Crippen LogP contribution in [0.3, 0.4) is 0 Å². The highest BCUT2D eigenvalue weighted by Crippen LogP contribution is 2.24. The fourth-order valence-corrected chi connectivity index (χ4v) is 2.22. The monoisotopic (exact) mass is 239 g/mol. The first-order valence-corrected chi connectivity index (χ1v) is 5.66. The Balaban J connectivity index is 2.29. The Morgan fingerprint density at radius 1 is 1.69 bits per heavy atom. The second-order valence-corrected chi connectivity index (χ2v) is 4.52. The molecule has 5 heteroatoms. The Morgan fingerprint density at radius 3 is 3.06 bits per heavy atom. The van der Waals surface area contributed by atoms with E-state index in [9.17, 15) is 4.79 Å². The lowest BCUT2D eigenvalue weighted by Gasteiger charge is -2.14. The number of carbonyl (C=O) groups is 1. The lowest BCUT2D eigenvalue weighted by molar-refractivity contribution is 0.0914. The molecule has 2 unspecified atom stereocenters. The molecule has 0 radical (unpaired) electrons. The zero-order chi connectivity index (χ0) is 11.7. The summed E-state index contributed by atoms with van der Waals surface area (Å²) >= 11 is 5.82. The molecule has 16 heavy (non-hydrogen) atoms. The molecule has 1 aromatic heterocycles. The van der Waals surface area contributed by atoms with Gasteiger partial charge in [0.1, 0.15) is 5.82 Å². The summed E-state index contributed by atoms with van der Waals surface area (Å²) in [6.45, 7) is 2.87. The van der Waals surface area contributed by atoms with Crippen molar-refractivity contribution in [2.75, 3.05) is 12.3 Å². The topological polar surface area (TPSA) is 68.0 Å². The van der Waals surface area contributed by atoms with Crippen LogP contribution in [0.5, 0.6) is 0 Å². The number of ketones is 1. The molecule has 86 valence electrons. The van der Waals surface area contributed by atoms with Crippen LogP contribution >= 0.6 is 11.6 Å². The highest BCUT2D eigenvalue weighted by atomic mass is 35.5. The van der Waals surface area contributed by atoms with Crippen LogP contribution in [0, 0.1) is 5.92 Å². The van der Waals surface area contributed by atoms with Crippen LogP contribution in [-0.2, 0) is 0 Å². The Kier molecular flexibility index (Phi) is 3.12. The molecule has 2 atom stereocenters. The van der Waals surface area contributed by atoms with Crippen molar-refractivity contribution in [3.05, 3.63) is 22.8 Å². The number of hydrogen-bond donors (Lipinski definition) is 2. The van der Waals surface area contributed by atoms with Gasteiger partial charge < -0.3 is 11.1 Å². The number of nitrogens with zero attached hydrogens (tertiary/aromatic N) is 1. The van der Waals surface area contributed by atoms with E-state index in [0.29, 0.717) is 10.6 Å². The first-order chi connectivity index (χ1) is 7.59. The molecule has 1 aliphatic heterocycles. The molecule has 0 spiro atoms. The van der Waals surface area contributed by atoms with Gasteiger partial charge in [0.05, 0.1) is 10.6 Å². The van der Waals surface area contributed by atoms with Gasteiger partial charge in [-0.2, -0.15) is 0 Å². The van der Waals surface area contributed by atoms with E-state index in [4.69, 9.17) is 17.3 Å². The normalized spacial score (nSPS) is 24.6. The quantitative estimate of drug-likeness (QED) is 0.768. The first-order valence-electron chi connectivity index (χ1n) is 5.28. The fourth-order valence-electron chi connectivity index (χ4n) is 2.06. The van der Waals surface area contributed by atoms with E-state index in [2.05, 4.69) is 10.3 Å². The maximum Gasteiger partial charge on any atom is 0.171 e. The molecule has 0 saturated carbocycles. The van der Waals surface area contributed by atoms with Gasteiger partial charge in [-0.3, -0.25) is 4.79 Å². The zero-order valence-electron chi connectivity index (χ0n) is 9.03. The van der Waals surface area contributed by atoms with E-state index in [1.807, 2.05) is 6.92 Å². The van der Waals surface area contributed by atoms with E-state index >= 15 is 0 Å². The number of anilines is 1. The van der Waals surface area contributed by atoms with Crippen LogP contribution in [0.4, 0.5) is 5.82 Å². The molecule has 0 aromatic carbocycles. The predicted molar refractivity (Wildman–Crippen MR) is 63.6 cm³/mol. The van der Waals surface area contributed by atoms with Crippen LogP contribution < -0.4 is 11.1 Å². The molecule has 3 N–H and O–H groups in total. The second-order valence-electron chi connectivity index (χ2n) is 4.09. The molecule has 0 amide bonds. The Bertz CT molecular complexity index is 422. The molecule has 0 aliphatic carbocycles. The van der Waals surface area contributed by atoms with Crippen molar-refractivity contribution < 1.29 is 4.79 Å². The third-order valence-electron chi connectivity index (χ3n) is 3.01. The Morgan fingerprint density at radius 2 is 2.44 bits per heavy atom. The van der Waals surface area contributed by atoms with Gasteiger partial charge in [0.15, 0.2) is 5.78 Å². The number of halogens is 1. The molecular formula is C11H14ClN3O. The van der Waals surface area contributed by atoms with Gasteiger partial charge in [0.25, 0.3) is 0 Å². The maximum atomic E-state index is 12.2. The number of pyridine rings is 1. The maximum absolute atomic E-state index is 12.2. The minimum atomic E-state index is -0.0254. The van der Waals surface area contributed by atoms with Crippen molar-refractivity contribution in [1.82, 2.24) is 10.3 Å². The summed E-state index contributed by atoms with van der Waals surface area (Å²) in [5.74, 6) is 0.265. The van der Waals surface area contributed by atoms with Crippen LogP contribution in [0.15, 0.2) is 12.3 Å². The largest absolute Gasteiger partial charge is 0.383 e. The van der Waals surface area contributed by atoms with E-state index in [0.717, 1.165) is 13.0 Å². The average Bonchev–Trinajstić information content (AvgIpc) is 2.67. The summed E-state index contributed by atoms with van der Waals surface area (Å²) in [5.41, 5.74) is 6.13. The smallest absolute Gasteiger partial charge is 0.171 e. The molecule has 1 fully saturated rings. The van der Waals surface area contributed by atoms with Gasteiger partial charge in [-0.05, 0) is 26.0 Å². The highest BCUT2D eigenvalue weighted by molar-refractivity contribution is 6.31. The number of nitrogens with one attached hydrogen (secondary N) is 1. The summed E-state index contributed by atoms with van der Waals surface area (Å²) in [4.78, 5) is 16.1. The number of carbonyl (C=O) groups excluding carboxylic acids is 1. The number of nitrogen functional groups attached to an aromatic ring is 1. The lowest BCUT2D eigenvalue weighted by atomic mass is 9.92. The molecule has 2 rings (SSSR count). The second kappa shape index (κ2) is 4.39. The summed E-state index contributed by atoms with van der Waals surface area (Å²) in [6, 6.07) is 1.78. The molecular weight excluding hydrogens is 226 g/mol. The van der Waals surface area contributed by atoms with E-state index in [1.165, 1.54) is 6.20 Å². The van der Waals surface area contributed by atoms with Gasteiger partial charge in [-0.1, -0.05) is 11.6 Å². The predicted octanol–water partition coefficient (Wildman–Crippen LogP) is 1.50. The number of rotatable bonds is 2. The van der Waals surface area contributed by atoms with Gasteiger partial charge >= 0.3 is 0 Å². The van der Waals surface area contributed by atoms with Crippen LogP contribution in [-0.4, -0.2) is 23.4 Å². The van der Waals surface area contributed by atoms with Crippen molar-refractivity contribution in [2.45, 2.75) is 19.4 Å².